The third-order valence-electron chi connectivity index (χ3n) is 3.81. The summed E-state index contributed by atoms with van der Waals surface area (Å²) < 4.78 is 18.1. The lowest BCUT2D eigenvalue weighted by Gasteiger charge is -2.31. The zero-order valence-electron chi connectivity index (χ0n) is 11.4. The van der Waals surface area contributed by atoms with E-state index >= 15 is 0 Å². The summed E-state index contributed by atoms with van der Waals surface area (Å²) >= 11 is 0. The number of rotatable bonds is 5. The summed E-state index contributed by atoms with van der Waals surface area (Å²) in [6, 6.07) is 0. The maximum Gasteiger partial charge on any atom is 0.255 e. The molecule has 0 amide bonds. The van der Waals surface area contributed by atoms with Crippen molar-refractivity contribution in [3.8, 4) is 5.88 Å². The van der Waals surface area contributed by atoms with Crippen LogP contribution in [-0.4, -0.2) is 42.4 Å². The van der Waals surface area contributed by atoms with E-state index in [9.17, 15) is 9.50 Å². The van der Waals surface area contributed by atoms with Gasteiger partial charge in [0, 0.05) is 19.0 Å². The molecule has 1 aromatic heterocycles. The standard InChI is InChI=1S/C13H20FN3O2/c1-17(8-13(9-18)5-3-4-6-13)12-15-7-10(14)11(16-12)19-2/h7,18H,3-6,8-9H2,1-2H3. The molecule has 1 aliphatic carbocycles. The number of aliphatic hydroxyl groups excluding tert-OH is 1. The highest BCUT2D eigenvalue weighted by molar-refractivity contribution is 5.32. The van der Waals surface area contributed by atoms with Crippen LogP contribution in [0.5, 0.6) is 5.88 Å². The van der Waals surface area contributed by atoms with Gasteiger partial charge in [0.15, 0.2) is 0 Å². The zero-order chi connectivity index (χ0) is 13.9. The molecule has 1 fully saturated rings. The van der Waals surface area contributed by atoms with Gasteiger partial charge >= 0.3 is 0 Å². The Bertz CT molecular complexity index is 436. The lowest BCUT2D eigenvalue weighted by Crippen LogP contribution is -2.37. The second-order valence-electron chi connectivity index (χ2n) is 5.25. The molecule has 5 nitrogen and oxygen atoms in total. The fraction of sp³-hybridized carbons (Fsp3) is 0.692. The van der Waals surface area contributed by atoms with E-state index in [2.05, 4.69) is 9.97 Å². The van der Waals surface area contributed by atoms with Crippen molar-refractivity contribution in [2.75, 3.05) is 32.2 Å². The third kappa shape index (κ3) is 2.94. The second kappa shape index (κ2) is 5.69. The fourth-order valence-electron chi connectivity index (χ4n) is 2.73. The largest absolute Gasteiger partial charge is 0.479 e. The number of hydrogen-bond donors (Lipinski definition) is 1. The molecule has 0 bridgehead atoms. The molecule has 1 saturated carbocycles. The fourth-order valence-corrected chi connectivity index (χ4v) is 2.73. The molecule has 1 N–H and O–H groups in total. The van der Waals surface area contributed by atoms with E-state index < -0.39 is 5.82 Å². The van der Waals surface area contributed by atoms with Gasteiger partial charge in [-0.15, -0.1) is 0 Å². The molecule has 0 aliphatic heterocycles. The van der Waals surface area contributed by atoms with Gasteiger partial charge < -0.3 is 14.7 Å². The predicted molar refractivity (Wildman–Crippen MR) is 69.8 cm³/mol. The Morgan fingerprint density at radius 3 is 2.74 bits per heavy atom. The van der Waals surface area contributed by atoms with Gasteiger partial charge in [-0.2, -0.15) is 9.37 Å². The Kier molecular flexibility index (Phi) is 4.19. The Labute approximate surface area is 112 Å². The Morgan fingerprint density at radius 1 is 1.47 bits per heavy atom. The average molecular weight is 269 g/mol. The van der Waals surface area contributed by atoms with E-state index in [1.165, 1.54) is 7.11 Å². The molecule has 106 valence electrons. The van der Waals surface area contributed by atoms with Crippen molar-refractivity contribution in [2.24, 2.45) is 5.41 Å². The summed E-state index contributed by atoms with van der Waals surface area (Å²) in [5, 5.41) is 9.61. The van der Waals surface area contributed by atoms with Gasteiger partial charge in [0.05, 0.1) is 19.9 Å². The maximum atomic E-state index is 13.3. The molecule has 2 rings (SSSR count). The number of aromatic nitrogens is 2. The lowest BCUT2D eigenvalue weighted by molar-refractivity contribution is 0.136. The van der Waals surface area contributed by atoms with Crippen LogP contribution in [0, 0.1) is 11.2 Å². The number of ether oxygens (including phenoxy) is 1. The van der Waals surface area contributed by atoms with Gasteiger partial charge in [-0.3, -0.25) is 0 Å². The highest BCUT2D eigenvalue weighted by atomic mass is 19.1. The molecule has 1 aromatic rings. The summed E-state index contributed by atoms with van der Waals surface area (Å²) in [6.07, 6.45) is 5.40. The van der Waals surface area contributed by atoms with Crippen molar-refractivity contribution in [3.63, 3.8) is 0 Å². The third-order valence-corrected chi connectivity index (χ3v) is 3.81. The van der Waals surface area contributed by atoms with Crippen LogP contribution in [0.25, 0.3) is 0 Å². The summed E-state index contributed by atoms with van der Waals surface area (Å²) in [7, 11) is 3.23. The lowest BCUT2D eigenvalue weighted by atomic mass is 9.87. The first kappa shape index (κ1) is 14.0. The van der Waals surface area contributed by atoms with Crippen LogP contribution in [0.4, 0.5) is 10.3 Å². The number of nitrogens with zero attached hydrogens (tertiary/aromatic N) is 3. The Morgan fingerprint density at radius 2 is 2.16 bits per heavy atom. The highest BCUT2D eigenvalue weighted by Crippen LogP contribution is 2.38. The smallest absolute Gasteiger partial charge is 0.255 e. The average Bonchev–Trinajstić information content (AvgIpc) is 2.88. The topological polar surface area (TPSA) is 58.5 Å². The number of methoxy groups -OCH3 is 1. The van der Waals surface area contributed by atoms with E-state index in [-0.39, 0.29) is 17.9 Å². The van der Waals surface area contributed by atoms with Crippen LogP contribution in [0.15, 0.2) is 6.20 Å². The monoisotopic (exact) mass is 269 g/mol. The molecule has 0 aromatic carbocycles. The molecule has 1 aliphatic rings. The molecular formula is C13H20FN3O2. The van der Waals surface area contributed by atoms with Crippen LogP contribution in [-0.2, 0) is 0 Å². The van der Waals surface area contributed by atoms with Gasteiger partial charge in [-0.05, 0) is 12.8 Å². The summed E-state index contributed by atoms with van der Waals surface area (Å²) in [5.74, 6) is -0.211. The molecule has 0 atom stereocenters. The summed E-state index contributed by atoms with van der Waals surface area (Å²) in [5.41, 5.74) is -0.0836. The van der Waals surface area contributed by atoms with Gasteiger partial charge in [0.2, 0.25) is 11.8 Å². The van der Waals surface area contributed by atoms with Gasteiger partial charge in [0.1, 0.15) is 0 Å². The first-order chi connectivity index (χ1) is 9.10. The van der Waals surface area contributed by atoms with Gasteiger partial charge in [0.25, 0.3) is 5.88 Å². The van der Waals surface area contributed by atoms with Gasteiger partial charge in [-0.25, -0.2) is 4.98 Å². The molecule has 1 heterocycles. The van der Waals surface area contributed by atoms with E-state index in [0.717, 1.165) is 31.9 Å². The summed E-state index contributed by atoms with van der Waals surface area (Å²) in [4.78, 5) is 9.86. The first-order valence-corrected chi connectivity index (χ1v) is 6.49. The van der Waals surface area contributed by atoms with E-state index in [1.54, 1.807) is 0 Å². The van der Waals surface area contributed by atoms with Crippen molar-refractivity contribution in [1.29, 1.82) is 0 Å². The SMILES string of the molecule is COc1nc(N(C)CC2(CO)CCCC2)ncc1F. The van der Waals surface area contributed by atoms with E-state index in [4.69, 9.17) is 4.74 Å². The highest BCUT2D eigenvalue weighted by Gasteiger charge is 2.34. The van der Waals surface area contributed by atoms with Gasteiger partial charge in [-0.1, -0.05) is 12.8 Å². The summed E-state index contributed by atoms with van der Waals surface area (Å²) in [6.45, 7) is 0.827. The van der Waals surface area contributed by atoms with Crippen LogP contribution >= 0.6 is 0 Å². The molecule has 0 saturated heterocycles. The minimum absolute atomic E-state index is 0.0543. The molecular weight excluding hydrogens is 249 g/mol. The number of aliphatic hydroxyl groups is 1. The number of anilines is 1. The number of hydrogen-bond acceptors (Lipinski definition) is 5. The van der Waals surface area contributed by atoms with Crippen molar-refractivity contribution in [2.45, 2.75) is 25.7 Å². The molecule has 6 heteroatoms. The maximum absolute atomic E-state index is 13.3. The van der Waals surface area contributed by atoms with Crippen molar-refractivity contribution >= 4 is 5.95 Å². The number of halogens is 1. The Balaban J connectivity index is 2.13. The van der Waals surface area contributed by atoms with Crippen LogP contribution in [0.3, 0.4) is 0 Å². The molecule has 0 unspecified atom stereocenters. The quantitative estimate of drug-likeness (QED) is 0.880. The van der Waals surface area contributed by atoms with Crippen molar-refractivity contribution in [1.82, 2.24) is 9.97 Å². The van der Waals surface area contributed by atoms with Crippen LogP contribution < -0.4 is 9.64 Å². The van der Waals surface area contributed by atoms with Crippen molar-refractivity contribution < 1.29 is 14.2 Å². The van der Waals surface area contributed by atoms with Crippen LogP contribution in [0.2, 0.25) is 0 Å². The van der Waals surface area contributed by atoms with E-state index in [0.29, 0.717) is 12.5 Å². The second-order valence-corrected chi connectivity index (χ2v) is 5.25. The zero-order valence-corrected chi connectivity index (χ0v) is 11.4. The predicted octanol–water partition coefficient (Wildman–Crippen LogP) is 1.61. The normalized spacial score (nSPS) is 17.5. The molecule has 0 radical (unpaired) electrons. The minimum Gasteiger partial charge on any atom is -0.479 e. The first-order valence-electron chi connectivity index (χ1n) is 6.49. The minimum atomic E-state index is -0.572. The van der Waals surface area contributed by atoms with Crippen molar-refractivity contribution in [3.05, 3.63) is 12.0 Å². The van der Waals surface area contributed by atoms with E-state index in [1.807, 2.05) is 11.9 Å². The molecule has 0 spiro atoms. The van der Waals surface area contributed by atoms with Crippen LogP contribution in [0.1, 0.15) is 25.7 Å². The Hall–Kier alpha value is -1.43. The molecule has 19 heavy (non-hydrogen) atoms.